The molecule has 25 heavy (non-hydrogen) atoms. The van der Waals surface area contributed by atoms with E-state index in [1.165, 1.54) is 4.90 Å². The third-order valence-corrected chi connectivity index (χ3v) is 3.81. The van der Waals surface area contributed by atoms with Crippen LogP contribution in [0, 0.1) is 0 Å². The van der Waals surface area contributed by atoms with Crippen LogP contribution in [0.1, 0.15) is 53.1 Å². The highest BCUT2D eigenvalue weighted by atomic mass is 16.6. The maximum absolute atomic E-state index is 12.9. The predicted molar refractivity (Wildman–Crippen MR) is 92.8 cm³/mol. The molecule has 1 amide bonds. The largest absolute Gasteiger partial charge is 0.464 e. The average Bonchev–Trinajstić information content (AvgIpc) is 2.78. The Morgan fingerprint density at radius 1 is 1.20 bits per heavy atom. The van der Waals surface area contributed by atoms with E-state index in [1.807, 2.05) is 30.3 Å². The normalized spacial score (nSPS) is 22.6. The first-order valence-electron chi connectivity index (χ1n) is 8.48. The molecule has 2 atom stereocenters. The van der Waals surface area contributed by atoms with Crippen molar-refractivity contribution >= 4 is 12.1 Å². The first-order chi connectivity index (χ1) is 11.6. The van der Waals surface area contributed by atoms with Crippen molar-refractivity contribution in [2.24, 2.45) is 0 Å². The molecule has 0 aliphatic carbocycles. The van der Waals surface area contributed by atoms with Gasteiger partial charge in [0.2, 0.25) is 0 Å². The summed E-state index contributed by atoms with van der Waals surface area (Å²) in [6, 6.07) is 8.69. The lowest BCUT2D eigenvalue weighted by molar-refractivity contribution is -0.161. The van der Waals surface area contributed by atoms with Crippen LogP contribution < -0.4 is 0 Å². The molecule has 1 aromatic carbocycles. The van der Waals surface area contributed by atoms with Crippen LogP contribution in [-0.4, -0.2) is 41.0 Å². The fraction of sp³-hybridized carbons (Fsp3) is 0.579. The zero-order chi connectivity index (χ0) is 18.8. The molecule has 0 saturated carbocycles. The fourth-order valence-electron chi connectivity index (χ4n) is 2.92. The number of hydrogen-bond donors (Lipinski definition) is 0. The first-order valence-corrected chi connectivity index (χ1v) is 8.48. The second-order valence-electron chi connectivity index (χ2n) is 7.44. The summed E-state index contributed by atoms with van der Waals surface area (Å²) in [5.74, 6) is -0.490. The summed E-state index contributed by atoms with van der Waals surface area (Å²) >= 11 is 0. The molecule has 1 fully saturated rings. The number of rotatable bonds is 3. The van der Waals surface area contributed by atoms with Gasteiger partial charge in [0.05, 0.1) is 6.61 Å². The van der Waals surface area contributed by atoms with Gasteiger partial charge in [0, 0.05) is 0 Å². The van der Waals surface area contributed by atoms with Gasteiger partial charge in [-0.15, -0.1) is 0 Å². The number of benzene rings is 1. The van der Waals surface area contributed by atoms with E-state index in [9.17, 15) is 9.59 Å². The second kappa shape index (κ2) is 7.04. The van der Waals surface area contributed by atoms with E-state index in [1.54, 1.807) is 41.5 Å². The number of hydrogen-bond acceptors (Lipinski definition) is 5. The lowest BCUT2D eigenvalue weighted by Crippen LogP contribution is -2.47. The van der Waals surface area contributed by atoms with Crippen LogP contribution in [-0.2, 0) is 19.0 Å². The van der Waals surface area contributed by atoms with Crippen molar-refractivity contribution in [3.8, 4) is 0 Å². The molecule has 138 valence electrons. The van der Waals surface area contributed by atoms with Crippen molar-refractivity contribution in [3.05, 3.63) is 35.9 Å². The van der Waals surface area contributed by atoms with E-state index in [0.717, 1.165) is 5.56 Å². The summed E-state index contributed by atoms with van der Waals surface area (Å²) < 4.78 is 16.6. The van der Waals surface area contributed by atoms with E-state index >= 15 is 0 Å². The smallest absolute Gasteiger partial charge is 0.413 e. The number of amides is 1. The molecular formula is C19H27NO5. The van der Waals surface area contributed by atoms with Gasteiger partial charge in [0.1, 0.15) is 17.4 Å². The molecule has 1 aliphatic heterocycles. The third kappa shape index (κ3) is 4.31. The lowest BCUT2D eigenvalue weighted by atomic mass is 10.0. The van der Waals surface area contributed by atoms with E-state index in [4.69, 9.17) is 14.2 Å². The molecule has 0 spiro atoms. The van der Waals surface area contributed by atoms with Gasteiger partial charge in [-0.25, -0.2) is 9.59 Å². The molecule has 1 aromatic rings. The molecule has 6 heteroatoms. The van der Waals surface area contributed by atoms with Crippen LogP contribution >= 0.6 is 0 Å². The summed E-state index contributed by atoms with van der Waals surface area (Å²) in [5.41, 5.74) is -0.881. The number of carbonyl (C=O) groups excluding carboxylic acids is 2. The number of carbonyl (C=O) groups is 2. The minimum atomic E-state index is -1.01. The van der Waals surface area contributed by atoms with Gasteiger partial charge < -0.3 is 14.2 Å². The van der Waals surface area contributed by atoms with Crippen LogP contribution in [0.15, 0.2) is 30.3 Å². The molecule has 1 heterocycles. The third-order valence-electron chi connectivity index (χ3n) is 3.81. The lowest BCUT2D eigenvalue weighted by Gasteiger charge is -2.35. The molecule has 0 unspecified atom stereocenters. The molecule has 1 saturated heterocycles. The minimum Gasteiger partial charge on any atom is -0.464 e. The van der Waals surface area contributed by atoms with Crippen LogP contribution in [0.25, 0.3) is 0 Å². The van der Waals surface area contributed by atoms with E-state index in [0.29, 0.717) is 0 Å². The Hall–Kier alpha value is -2.08. The van der Waals surface area contributed by atoms with E-state index in [2.05, 4.69) is 0 Å². The quantitative estimate of drug-likeness (QED) is 0.779. The van der Waals surface area contributed by atoms with Crippen molar-refractivity contribution < 1.29 is 23.8 Å². The highest BCUT2D eigenvalue weighted by Crippen LogP contribution is 2.42. The Kier molecular flexibility index (Phi) is 5.42. The van der Waals surface area contributed by atoms with Gasteiger partial charge in [-0.1, -0.05) is 30.3 Å². The van der Waals surface area contributed by atoms with Crippen molar-refractivity contribution in [1.82, 2.24) is 4.90 Å². The Bertz CT molecular complexity index is 620. The van der Waals surface area contributed by atoms with Crippen LogP contribution in [0.2, 0.25) is 0 Å². The molecule has 6 nitrogen and oxygen atoms in total. The van der Waals surface area contributed by atoms with Gasteiger partial charge >= 0.3 is 12.1 Å². The topological polar surface area (TPSA) is 65.1 Å². The summed E-state index contributed by atoms with van der Waals surface area (Å²) in [6.45, 7) is 10.9. The second-order valence-corrected chi connectivity index (χ2v) is 7.44. The van der Waals surface area contributed by atoms with E-state index in [-0.39, 0.29) is 6.61 Å². The minimum absolute atomic E-state index is 0.243. The van der Waals surface area contributed by atoms with Crippen LogP contribution in [0.4, 0.5) is 4.79 Å². The highest BCUT2D eigenvalue weighted by Gasteiger charge is 2.55. The SMILES string of the molecule is CCOC(=O)[C@@H]1OC(C)(C)N(C(=O)OC(C)(C)C)[C@H]1c1ccccc1. The van der Waals surface area contributed by atoms with Gasteiger partial charge in [0.25, 0.3) is 0 Å². The Morgan fingerprint density at radius 3 is 2.32 bits per heavy atom. The first kappa shape index (κ1) is 19.2. The number of ether oxygens (including phenoxy) is 3. The van der Waals surface area contributed by atoms with Crippen LogP contribution in [0.3, 0.4) is 0 Å². The van der Waals surface area contributed by atoms with Gasteiger partial charge in [-0.2, -0.15) is 0 Å². The summed E-state index contributed by atoms with van der Waals surface area (Å²) in [6.07, 6.45) is -1.44. The molecule has 0 bridgehead atoms. The standard InChI is InChI=1S/C19H27NO5/c1-7-23-16(21)15-14(13-11-9-8-10-12-13)20(19(5,6)24-15)17(22)25-18(2,3)4/h8-12,14-15H,7H2,1-6H3/t14-,15+/m0/s1. The zero-order valence-corrected chi connectivity index (χ0v) is 15.7. The molecule has 0 radical (unpaired) electrons. The summed E-state index contributed by atoms with van der Waals surface area (Å²) in [4.78, 5) is 26.8. The van der Waals surface area contributed by atoms with Crippen molar-refractivity contribution in [1.29, 1.82) is 0 Å². The molecule has 2 rings (SSSR count). The van der Waals surface area contributed by atoms with Gasteiger partial charge in [-0.05, 0) is 47.1 Å². The maximum Gasteiger partial charge on any atom is 0.413 e. The maximum atomic E-state index is 12.9. The number of nitrogens with zero attached hydrogens (tertiary/aromatic N) is 1. The zero-order valence-electron chi connectivity index (χ0n) is 15.7. The molecular weight excluding hydrogens is 322 g/mol. The molecule has 0 N–H and O–H groups in total. The van der Waals surface area contributed by atoms with Gasteiger partial charge in [0.15, 0.2) is 6.10 Å². The Balaban J connectivity index is 2.45. The average molecular weight is 349 g/mol. The monoisotopic (exact) mass is 349 g/mol. The predicted octanol–water partition coefficient (Wildman–Crippen LogP) is 3.66. The van der Waals surface area contributed by atoms with Gasteiger partial charge in [-0.3, -0.25) is 4.90 Å². The Labute approximate surface area is 149 Å². The molecule has 1 aliphatic rings. The number of esters is 1. The summed E-state index contributed by atoms with van der Waals surface area (Å²) in [7, 11) is 0. The molecule has 0 aromatic heterocycles. The van der Waals surface area contributed by atoms with Crippen molar-refractivity contribution in [2.75, 3.05) is 6.61 Å². The van der Waals surface area contributed by atoms with Crippen molar-refractivity contribution in [2.45, 2.75) is 65.0 Å². The highest BCUT2D eigenvalue weighted by molar-refractivity contribution is 5.79. The van der Waals surface area contributed by atoms with E-state index < -0.39 is 35.5 Å². The van der Waals surface area contributed by atoms with Crippen molar-refractivity contribution in [3.63, 3.8) is 0 Å². The van der Waals surface area contributed by atoms with Crippen LogP contribution in [0.5, 0.6) is 0 Å². The summed E-state index contributed by atoms with van der Waals surface area (Å²) in [5, 5.41) is 0. The fourth-order valence-corrected chi connectivity index (χ4v) is 2.92. The Morgan fingerprint density at radius 2 is 1.80 bits per heavy atom.